The molecule has 0 saturated carbocycles. The SMILES string of the molecule is CN1CC=C2C(C#N)=C(N)C(C#N)(C#N)[C@H](c3cccc(F)c3Cl)[C@H]2C1. The molecule has 26 heavy (non-hydrogen) atoms. The summed E-state index contributed by atoms with van der Waals surface area (Å²) in [6.45, 7) is 1.10. The Kier molecular flexibility index (Phi) is 4.46. The zero-order valence-electron chi connectivity index (χ0n) is 14.0. The van der Waals surface area contributed by atoms with Crippen LogP contribution in [0.4, 0.5) is 4.39 Å². The number of likely N-dealkylation sites (N-methyl/N-ethyl adjacent to an activating group) is 1. The molecule has 5 nitrogen and oxygen atoms in total. The number of hydrogen-bond donors (Lipinski definition) is 1. The predicted molar refractivity (Wildman–Crippen MR) is 93.7 cm³/mol. The molecule has 0 saturated heterocycles. The van der Waals surface area contributed by atoms with E-state index in [9.17, 15) is 20.2 Å². The van der Waals surface area contributed by atoms with Gasteiger partial charge in [-0.3, -0.25) is 0 Å². The lowest BCUT2D eigenvalue weighted by molar-refractivity contribution is 0.237. The molecule has 0 unspecified atom stereocenters. The molecule has 1 aliphatic heterocycles. The van der Waals surface area contributed by atoms with Gasteiger partial charge in [0, 0.05) is 24.9 Å². The summed E-state index contributed by atoms with van der Waals surface area (Å²) in [6, 6.07) is 10.4. The van der Waals surface area contributed by atoms with Crippen molar-refractivity contribution in [1.29, 1.82) is 15.8 Å². The number of nitrogens with zero attached hydrogens (tertiary/aromatic N) is 4. The van der Waals surface area contributed by atoms with Crippen molar-refractivity contribution < 1.29 is 4.39 Å². The minimum Gasteiger partial charge on any atom is -0.399 e. The average Bonchev–Trinajstić information content (AvgIpc) is 2.64. The largest absolute Gasteiger partial charge is 0.399 e. The van der Waals surface area contributed by atoms with E-state index in [0.717, 1.165) is 0 Å². The predicted octanol–water partition coefficient (Wildman–Crippen LogP) is 2.83. The second-order valence-corrected chi connectivity index (χ2v) is 6.92. The third-order valence-electron chi connectivity index (χ3n) is 5.16. The molecular weight excluding hydrogens is 353 g/mol. The van der Waals surface area contributed by atoms with Crippen LogP contribution in [0, 0.1) is 51.1 Å². The van der Waals surface area contributed by atoms with Gasteiger partial charge >= 0.3 is 0 Å². The van der Waals surface area contributed by atoms with Crippen LogP contribution in [0.3, 0.4) is 0 Å². The molecule has 0 amide bonds. The Morgan fingerprint density at radius 2 is 2.00 bits per heavy atom. The quantitative estimate of drug-likeness (QED) is 0.822. The van der Waals surface area contributed by atoms with E-state index in [-0.39, 0.29) is 22.2 Å². The fourth-order valence-corrected chi connectivity index (χ4v) is 4.17. The summed E-state index contributed by atoms with van der Waals surface area (Å²) in [4.78, 5) is 2.00. The van der Waals surface area contributed by atoms with Crippen molar-refractivity contribution in [3.63, 3.8) is 0 Å². The Bertz CT molecular complexity index is 946. The Hall–Kier alpha value is -2.85. The topological polar surface area (TPSA) is 101 Å². The normalized spacial score (nSPS) is 24.7. The van der Waals surface area contributed by atoms with E-state index >= 15 is 0 Å². The molecular formula is C19H15ClFN5. The van der Waals surface area contributed by atoms with Crippen LogP contribution >= 0.6 is 11.6 Å². The van der Waals surface area contributed by atoms with Crippen LogP contribution in [-0.2, 0) is 0 Å². The number of hydrogen-bond acceptors (Lipinski definition) is 5. The first-order valence-corrected chi connectivity index (χ1v) is 8.34. The smallest absolute Gasteiger partial charge is 0.191 e. The van der Waals surface area contributed by atoms with Crippen LogP contribution in [0.15, 0.2) is 41.1 Å². The molecule has 0 bridgehead atoms. The number of halogens is 2. The fraction of sp³-hybridized carbons (Fsp3) is 0.316. The lowest BCUT2D eigenvalue weighted by Gasteiger charge is -2.45. The van der Waals surface area contributed by atoms with Gasteiger partial charge in [0.25, 0.3) is 0 Å². The standard InChI is InChI=1S/C19H15ClFN5/c1-26-6-5-11-13(7-22)18(25)19(9-23,10-24)16(14(11)8-26)12-3-2-4-15(21)17(12)20/h2-5,14,16H,6,8,25H2,1H3/t14-,16+/m0/s1. The summed E-state index contributed by atoms with van der Waals surface area (Å²) in [5.74, 6) is -1.79. The van der Waals surface area contributed by atoms with E-state index in [1.165, 1.54) is 12.1 Å². The first-order chi connectivity index (χ1) is 12.4. The third-order valence-corrected chi connectivity index (χ3v) is 5.56. The Morgan fingerprint density at radius 3 is 2.62 bits per heavy atom. The van der Waals surface area contributed by atoms with Gasteiger partial charge in [0.1, 0.15) is 11.9 Å². The van der Waals surface area contributed by atoms with Gasteiger partial charge in [-0.15, -0.1) is 0 Å². The van der Waals surface area contributed by atoms with E-state index in [2.05, 4.69) is 0 Å². The number of nitriles is 3. The third kappa shape index (κ3) is 2.37. The van der Waals surface area contributed by atoms with Crippen molar-refractivity contribution in [2.45, 2.75) is 5.92 Å². The maximum Gasteiger partial charge on any atom is 0.191 e. The van der Waals surface area contributed by atoms with E-state index in [0.29, 0.717) is 24.2 Å². The Balaban J connectivity index is 2.39. The molecule has 1 heterocycles. The van der Waals surface area contributed by atoms with Gasteiger partial charge in [-0.05, 0) is 24.3 Å². The molecule has 0 fully saturated rings. The highest BCUT2D eigenvalue weighted by molar-refractivity contribution is 6.31. The van der Waals surface area contributed by atoms with Crippen molar-refractivity contribution in [2.24, 2.45) is 17.1 Å². The highest BCUT2D eigenvalue weighted by Crippen LogP contribution is 2.55. The minimum atomic E-state index is -1.80. The van der Waals surface area contributed by atoms with Gasteiger partial charge in [0.15, 0.2) is 5.41 Å². The maximum atomic E-state index is 14.1. The summed E-state index contributed by atoms with van der Waals surface area (Å²) in [5, 5.41) is 29.3. The summed E-state index contributed by atoms with van der Waals surface area (Å²) in [7, 11) is 1.89. The summed E-state index contributed by atoms with van der Waals surface area (Å²) < 4.78 is 14.1. The van der Waals surface area contributed by atoms with Gasteiger partial charge in [0.05, 0.1) is 28.4 Å². The molecule has 2 N–H and O–H groups in total. The lowest BCUT2D eigenvalue weighted by atomic mass is 9.58. The van der Waals surface area contributed by atoms with Crippen molar-refractivity contribution >= 4 is 11.6 Å². The van der Waals surface area contributed by atoms with Crippen LogP contribution in [0.5, 0.6) is 0 Å². The van der Waals surface area contributed by atoms with Crippen LogP contribution in [0.2, 0.25) is 5.02 Å². The molecule has 2 aliphatic rings. The molecule has 0 aromatic heterocycles. The number of benzene rings is 1. The van der Waals surface area contributed by atoms with Crippen molar-refractivity contribution in [2.75, 3.05) is 20.1 Å². The molecule has 1 aromatic rings. The monoisotopic (exact) mass is 367 g/mol. The van der Waals surface area contributed by atoms with Gasteiger partial charge in [-0.2, -0.15) is 15.8 Å². The Labute approximate surface area is 156 Å². The van der Waals surface area contributed by atoms with Crippen molar-refractivity contribution in [1.82, 2.24) is 4.90 Å². The molecule has 1 aliphatic carbocycles. The zero-order valence-corrected chi connectivity index (χ0v) is 14.8. The summed E-state index contributed by atoms with van der Waals surface area (Å²) in [6.07, 6.45) is 1.87. The molecule has 0 radical (unpaired) electrons. The molecule has 130 valence electrons. The van der Waals surface area contributed by atoms with Gasteiger partial charge in [-0.1, -0.05) is 29.8 Å². The fourth-order valence-electron chi connectivity index (χ4n) is 3.93. The maximum absolute atomic E-state index is 14.1. The van der Waals surface area contributed by atoms with Crippen molar-refractivity contribution in [3.05, 3.63) is 57.5 Å². The number of nitrogens with two attached hydrogens (primary N) is 1. The van der Waals surface area contributed by atoms with E-state index < -0.39 is 17.2 Å². The first-order valence-electron chi connectivity index (χ1n) is 7.97. The van der Waals surface area contributed by atoms with E-state index in [1.807, 2.05) is 36.2 Å². The first kappa shape index (κ1) is 18.0. The number of fused-ring (bicyclic) bond motifs is 1. The highest BCUT2D eigenvalue weighted by atomic mass is 35.5. The van der Waals surface area contributed by atoms with Crippen molar-refractivity contribution in [3.8, 4) is 18.2 Å². The van der Waals surface area contributed by atoms with E-state index in [1.54, 1.807) is 6.07 Å². The summed E-state index contributed by atoms with van der Waals surface area (Å²) >= 11 is 6.20. The minimum absolute atomic E-state index is 0.0950. The zero-order chi connectivity index (χ0) is 19.1. The van der Waals surface area contributed by atoms with Crippen LogP contribution in [0.25, 0.3) is 0 Å². The number of rotatable bonds is 1. The second-order valence-electron chi connectivity index (χ2n) is 6.54. The van der Waals surface area contributed by atoms with Crippen LogP contribution < -0.4 is 5.73 Å². The lowest BCUT2D eigenvalue weighted by Crippen LogP contribution is -2.47. The van der Waals surface area contributed by atoms with Gasteiger partial charge < -0.3 is 10.6 Å². The highest BCUT2D eigenvalue weighted by Gasteiger charge is 2.54. The number of allylic oxidation sites excluding steroid dienone is 2. The molecule has 0 spiro atoms. The van der Waals surface area contributed by atoms with Gasteiger partial charge in [0.2, 0.25) is 0 Å². The average molecular weight is 368 g/mol. The van der Waals surface area contributed by atoms with E-state index in [4.69, 9.17) is 17.3 Å². The summed E-state index contributed by atoms with van der Waals surface area (Å²) in [5.41, 5.74) is 5.47. The second kappa shape index (κ2) is 6.46. The van der Waals surface area contributed by atoms with Crippen LogP contribution in [0.1, 0.15) is 11.5 Å². The molecule has 2 atom stereocenters. The molecule has 1 aromatic carbocycles. The van der Waals surface area contributed by atoms with Crippen LogP contribution in [-0.4, -0.2) is 25.0 Å². The molecule has 7 heteroatoms. The van der Waals surface area contributed by atoms with Gasteiger partial charge in [-0.25, -0.2) is 4.39 Å². The molecule has 3 rings (SSSR count). The Morgan fingerprint density at radius 1 is 1.31 bits per heavy atom.